The number of hydrogen-bond donors (Lipinski definition) is 2. The van der Waals surface area contributed by atoms with Gasteiger partial charge >= 0.3 is 0 Å². The highest BCUT2D eigenvalue weighted by Crippen LogP contribution is 2.38. The van der Waals surface area contributed by atoms with Crippen molar-refractivity contribution < 1.29 is 10.2 Å². The molecule has 102 valence electrons. The molecule has 2 aromatic carbocycles. The molecule has 20 heavy (non-hydrogen) atoms. The smallest absolute Gasteiger partial charge is 0.127 e. The van der Waals surface area contributed by atoms with E-state index in [1.165, 1.54) is 0 Å². The monoisotopic (exact) mass is 266 g/mol. The first-order chi connectivity index (χ1) is 9.67. The minimum atomic E-state index is 0.156. The molecule has 0 aliphatic carbocycles. The summed E-state index contributed by atoms with van der Waals surface area (Å²) in [5.41, 5.74) is 3.10. The van der Waals surface area contributed by atoms with Crippen molar-refractivity contribution in [3.05, 3.63) is 72.8 Å². The van der Waals surface area contributed by atoms with Crippen LogP contribution in [-0.2, 0) is 12.8 Å². The third-order valence-corrected chi connectivity index (χ3v) is 3.22. The van der Waals surface area contributed by atoms with Gasteiger partial charge in [-0.1, -0.05) is 36.4 Å². The molecule has 0 fully saturated rings. The third kappa shape index (κ3) is 2.75. The van der Waals surface area contributed by atoms with Gasteiger partial charge in [0, 0.05) is 11.1 Å². The van der Waals surface area contributed by atoms with Crippen molar-refractivity contribution in [3.63, 3.8) is 0 Å². The molecule has 2 rings (SSSR count). The zero-order valence-electron chi connectivity index (χ0n) is 11.3. The minimum absolute atomic E-state index is 0.156. The van der Waals surface area contributed by atoms with Gasteiger partial charge in [-0.05, 0) is 36.1 Å². The number of hydrogen-bond acceptors (Lipinski definition) is 2. The highest BCUT2D eigenvalue weighted by molar-refractivity contribution is 5.77. The molecular formula is C18H18O2. The first-order valence-electron chi connectivity index (χ1n) is 6.52. The Balaban J connectivity index is 2.55. The van der Waals surface area contributed by atoms with Gasteiger partial charge in [-0.2, -0.15) is 0 Å². The van der Waals surface area contributed by atoms with Gasteiger partial charge in [0.25, 0.3) is 0 Å². The Hall–Kier alpha value is -2.48. The Morgan fingerprint density at radius 2 is 1.65 bits per heavy atom. The summed E-state index contributed by atoms with van der Waals surface area (Å²) in [5.74, 6) is 0.349. The summed E-state index contributed by atoms with van der Waals surface area (Å²) in [6.45, 7) is 7.40. The Morgan fingerprint density at radius 3 is 2.35 bits per heavy atom. The van der Waals surface area contributed by atoms with E-state index in [2.05, 4.69) is 13.2 Å². The summed E-state index contributed by atoms with van der Waals surface area (Å²) in [7, 11) is 0. The molecule has 0 aromatic heterocycles. The fraction of sp³-hybridized carbons (Fsp3) is 0.111. The van der Waals surface area contributed by atoms with Crippen LogP contribution in [0.5, 0.6) is 11.5 Å². The van der Waals surface area contributed by atoms with Crippen LogP contribution < -0.4 is 0 Å². The van der Waals surface area contributed by atoms with Crippen molar-refractivity contribution >= 4 is 0 Å². The van der Waals surface area contributed by atoms with Crippen LogP contribution in [0.15, 0.2) is 61.7 Å². The van der Waals surface area contributed by atoms with Gasteiger partial charge in [0.2, 0.25) is 0 Å². The average Bonchev–Trinajstić information content (AvgIpc) is 2.44. The minimum Gasteiger partial charge on any atom is -0.507 e. The lowest BCUT2D eigenvalue weighted by Gasteiger charge is -2.11. The van der Waals surface area contributed by atoms with Gasteiger partial charge in [-0.25, -0.2) is 0 Å². The molecule has 0 aliphatic rings. The zero-order chi connectivity index (χ0) is 14.5. The second-order valence-corrected chi connectivity index (χ2v) is 4.65. The lowest BCUT2D eigenvalue weighted by Crippen LogP contribution is -1.89. The van der Waals surface area contributed by atoms with Gasteiger partial charge in [0.05, 0.1) is 0 Å². The van der Waals surface area contributed by atoms with Crippen molar-refractivity contribution in [3.8, 4) is 22.6 Å². The molecule has 2 aromatic rings. The fourth-order valence-electron chi connectivity index (χ4n) is 2.22. The largest absolute Gasteiger partial charge is 0.507 e. The molecule has 2 N–H and O–H groups in total. The van der Waals surface area contributed by atoms with E-state index in [0.29, 0.717) is 17.5 Å². The molecule has 0 saturated heterocycles. The Bertz CT molecular complexity index is 642. The molecule has 0 atom stereocenters. The molecule has 2 heteroatoms. The summed E-state index contributed by atoms with van der Waals surface area (Å²) in [4.78, 5) is 0. The van der Waals surface area contributed by atoms with Crippen molar-refractivity contribution in [2.45, 2.75) is 12.8 Å². The summed E-state index contributed by atoms with van der Waals surface area (Å²) in [6.07, 6.45) is 4.87. The molecule has 0 heterocycles. The average molecular weight is 266 g/mol. The van der Waals surface area contributed by atoms with E-state index in [1.807, 2.05) is 30.3 Å². The number of allylic oxidation sites excluding steroid dienone is 2. The summed E-state index contributed by atoms with van der Waals surface area (Å²) < 4.78 is 0. The number of phenols is 2. The number of phenolic OH excluding ortho intramolecular Hbond substituents is 2. The maximum absolute atomic E-state index is 10.3. The summed E-state index contributed by atoms with van der Waals surface area (Å²) >= 11 is 0. The molecule has 0 amide bonds. The molecule has 0 bridgehead atoms. The second-order valence-electron chi connectivity index (χ2n) is 4.65. The van der Waals surface area contributed by atoms with Crippen LogP contribution in [-0.4, -0.2) is 10.2 Å². The van der Waals surface area contributed by atoms with E-state index in [0.717, 1.165) is 17.5 Å². The molecule has 0 spiro atoms. The maximum Gasteiger partial charge on any atom is 0.127 e. The molecular weight excluding hydrogens is 248 g/mol. The molecule has 0 radical (unpaired) electrons. The molecule has 2 nitrogen and oxygen atoms in total. The fourth-order valence-corrected chi connectivity index (χ4v) is 2.22. The highest BCUT2D eigenvalue weighted by atomic mass is 16.3. The van der Waals surface area contributed by atoms with Gasteiger partial charge in [-0.15, -0.1) is 13.2 Å². The van der Waals surface area contributed by atoms with Crippen molar-refractivity contribution in [2.75, 3.05) is 0 Å². The first-order valence-corrected chi connectivity index (χ1v) is 6.52. The van der Waals surface area contributed by atoms with Crippen LogP contribution in [0.4, 0.5) is 0 Å². The van der Waals surface area contributed by atoms with E-state index in [4.69, 9.17) is 0 Å². The molecule has 0 aliphatic heterocycles. The van der Waals surface area contributed by atoms with Crippen LogP contribution in [0.1, 0.15) is 11.1 Å². The molecule has 0 unspecified atom stereocenters. The Kier molecular flexibility index (Phi) is 4.26. The molecule has 0 saturated carbocycles. The summed E-state index contributed by atoms with van der Waals surface area (Å²) in [6, 6.07) is 10.9. The second kappa shape index (κ2) is 6.11. The van der Waals surface area contributed by atoms with Crippen molar-refractivity contribution in [1.82, 2.24) is 0 Å². The summed E-state index contributed by atoms with van der Waals surface area (Å²) in [5, 5.41) is 20.4. The van der Waals surface area contributed by atoms with Crippen molar-refractivity contribution in [2.24, 2.45) is 0 Å². The first kappa shape index (κ1) is 13.9. The topological polar surface area (TPSA) is 40.5 Å². The zero-order valence-corrected chi connectivity index (χ0v) is 11.3. The predicted molar refractivity (Wildman–Crippen MR) is 83.0 cm³/mol. The van der Waals surface area contributed by atoms with Crippen molar-refractivity contribution in [1.29, 1.82) is 0 Å². The number of para-hydroxylation sites is 1. The van der Waals surface area contributed by atoms with Gasteiger partial charge in [0.15, 0.2) is 0 Å². The van der Waals surface area contributed by atoms with Gasteiger partial charge < -0.3 is 10.2 Å². The van der Waals surface area contributed by atoms with Crippen LogP contribution in [0, 0.1) is 0 Å². The maximum atomic E-state index is 10.3. The van der Waals surface area contributed by atoms with Gasteiger partial charge in [-0.3, -0.25) is 0 Å². The highest BCUT2D eigenvalue weighted by Gasteiger charge is 2.12. The van der Waals surface area contributed by atoms with Gasteiger partial charge in [0.1, 0.15) is 11.5 Å². The van der Waals surface area contributed by atoms with E-state index >= 15 is 0 Å². The third-order valence-electron chi connectivity index (χ3n) is 3.22. The predicted octanol–water partition coefficient (Wildman–Crippen LogP) is 4.22. The lowest BCUT2D eigenvalue weighted by molar-refractivity contribution is 0.466. The number of rotatable bonds is 5. The van der Waals surface area contributed by atoms with E-state index in [9.17, 15) is 10.2 Å². The Morgan fingerprint density at radius 1 is 0.900 bits per heavy atom. The van der Waals surface area contributed by atoms with Crippen LogP contribution in [0.25, 0.3) is 11.1 Å². The van der Waals surface area contributed by atoms with E-state index in [-0.39, 0.29) is 11.5 Å². The Labute approximate surface area is 119 Å². The standard InChI is InChI=1S/C18H18O2/c1-3-6-13-10-11-17(19)16(12-13)15-9-5-8-14(7-4-2)18(15)20/h3-5,8-12,19-20H,1-2,6-7H2. The normalized spacial score (nSPS) is 10.2. The van der Waals surface area contributed by atoms with Crippen LogP contribution >= 0.6 is 0 Å². The lowest BCUT2D eigenvalue weighted by atomic mass is 9.97. The SMILES string of the molecule is C=CCc1ccc(O)c(-c2cccc(CC=C)c2O)c1. The van der Waals surface area contributed by atoms with Crippen LogP contribution in [0.3, 0.4) is 0 Å². The van der Waals surface area contributed by atoms with E-state index in [1.54, 1.807) is 18.2 Å². The number of aromatic hydroxyl groups is 2. The van der Waals surface area contributed by atoms with E-state index < -0.39 is 0 Å². The quantitative estimate of drug-likeness (QED) is 0.795. The van der Waals surface area contributed by atoms with Crippen LogP contribution in [0.2, 0.25) is 0 Å². The number of benzene rings is 2.